The maximum absolute atomic E-state index is 11.4. The Labute approximate surface area is 98.4 Å². The molecular weight excluding hydrogens is 206 g/mol. The normalized spacial score (nSPS) is 15.6. The van der Waals surface area contributed by atoms with E-state index in [-0.39, 0.29) is 24.7 Å². The van der Waals surface area contributed by atoms with Crippen LogP contribution in [0.3, 0.4) is 0 Å². The zero-order valence-corrected chi connectivity index (χ0v) is 11.1. The van der Waals surface area contributed by atoms with Gasteiger partial charge in [-0.05, 0) is 34.1 Å². The second kappa shape index (κ2) is 6.21. The quantitative estimate of drug-likeness (QED) is 0.727. The van der Waals surface area contributed by atoms with Crippen molar-refractivity contribution in [1.82, 2.24) is 5.32 Å². The molecule has 2 N–H and O–H groups in total. The van der Waals surface area contributed by atoms with Crippen molar-refractivity contribution in [2.24, 2.45) is 0 Å². The van der Waals surface area contributed by atoms with Gasteiger partial charge in [0, 0.05) is 6.54 Å². The molecule has 0 radical (unpaired) electrons. The average Bonchev–Trinajstić information content (AvgIpc) is 2.10. The van der Waals surface area contributed by atoms with E-state index in [0.29, 0.717) is 6.42 Å². The summed E-state index contributed by atoms with van der Waals surface area (Å²) in [6.45, 7) is 9.72. The largest absolute Gasteiger partial charge is 0.388 e. The molecule has 4 nitrogen and oxygen atoms in total. The van der Waals surface area contributed by atoms with Crippen molar-refractivity contribution in [3.05, 3.63) is 0 Å². The third-order valence-electron chi connectivity index (χ3n) is 2.09. The summed E-state index contributed by atoms with van der Waals surface area (Å²) in [7, 11) is 0. The summed E-state index contributed by atoms with van der Waals surface area (Å²) in [6.07, 6.45) is 1.56. The number of carbonyl (C=O) groups excluding carboxylic acids is 1. The fraction of sp³-hybridized carbons (Fsp3) is 0.917. The van der Waals surface area contributed by atoms with Gasteiger partial charge >= 0.3 is 0 Å². The zero-order chi connectivity index (χ0) is 12.8. The summed E-state index contributed by atoms with van der Waals surface area (Å²) in [6, 6.07) is 0. The van der Waals surface area contributed by atoms with E-state index in [0.717, 1.165) is 6.42 Å². The van der Waals surface area contributed by atoms with Crippen LogP contribution >= 0.6 is 0 Å². The second-order valence-electron chi connectivity index (χ2n) is 5.42. The minimum absolute atomic E-state index is 0.0334. The highest BCUT2D eigenvalue weighted by Gasteiger charge is 2.20. The Hall–Kier alpha value is -0.610. The molecule has 1 unspecified atom stereocenters. The van der Waals surface area contributed by atoms with Gasteiger partial charge in [-0.3, -0.25) is 4.79 Å². The van der Waals surface area contributed by atoms with Gasteiger partial charge in [0.1, 0.15) is 6.61 Å². The van der Waals surface area contributed by atoms with Gasteiger partial charge in [0.15, 0.2) is 0 Å². The van der Waals surface area contributed by atoms with E-state index in [1.165, 1.54) is 0 Å². The molecule has 0 aromatic rings. The number of rotatable bonds is 6. The molecule has 0 saturated heterocycles. The number of ether oxygens (including phenoxy) is 1. The van der Waals surface area contributed by atoms with Crippen molar-refractivity contribution in [2.45, 2.75) is 58.7 Å². The second-order valence-corrected chi connectivity index (χ2v) is 5.42. The van der Waals surface area contributed by atoms with Crippen LogP contribution in [0.25, 0.3) is 0 Å². The molecular formula is C12H25NO3. The van der Waals surface area contributed by atoms with Gasteiger partial charge in [0.05, 0.1) is 11.2 Å². The van der Waals surface area contributed by atoms with Gasteiger partial charge in [-0.2, -0.15) is 0 Å². The molecule has 96 valence electrons. The van der Waals surface area contributed by atoms with Crippen molar-refractivity contribution in [2.75, 3.05) is 13.2 Å². The zero-order valence-electron chi connectivity index (χ0n) is 11.1. The molecule has 0 heterocycles. The van der Waals surface area contributed by atoms with Crippen LogP contribution in [0, 0.1) is 0 Å². The van der Waals surface area contributed by atoms with Crippen molar-refractivity contribution >= 4 is 5.91 Å². The number of hydrogen-bond donors (Lipinski definition) is 2. The lowest BCUT2D eigenvalue weighted by atomic mass is 10.0. The van der Waals surface area contributed by atoms with Crippen LogP contribution in [0.4, 0.5) is 0 Å². The maximum Gasteiger partial charge on any atom is 0.246 e. The Morgan fingerprint density at radius 2 is 1.88 bits per heavy atom. The number of carbonyl (C=O) groups is 1. The smallest absolute Gasteiger partial charge is 0.246 e. The molecule has 0 aliphatic carbocycles. The third-order valence-corrected chi connectivity index (χ3v) is 2.09. The van der Waals surface area contributed by atoms with Crippen molar-refractivity contribution in [3.8, 4) is 0 Å². The van der Waals surface area contributed by atoms with Crippen LogP contribution in [0.2, 0.25) is 0 Å². The standard InChI is InChI=1S/C12H25NO3/c1-6-7-12(5,15)9-13-10(14)8-16-11(2,3)4/h15H,6-9H2,1-5H3,(H,13,14). The summed E-state index contributed by atoms with van der Waals surface area (Å²) in [4.78, 5) is 11.4. The molecule has 0 aliphatic rings. The van der Waals surface area contributed by atoms with Gasteiger partial charge in [0.25, 0.3) is 0 Å². The van der Waals surface area contributed by atoms with Crippen LogP contribution < -0.4 is 5.32 Å². The minimum Gasteiger partial charge on any atom is -0.388 e. The number of amides is 1. The molecule has 0 saturated carbocycles. The lowest BCUT2D eigenvalue weighted by Gasteiger charge is -2.24. The molecule has 0 spiro atoms. The Morgan fingerprint density at radius 3 is 2.31 bits per heavy atom. The molecule has 4 heteroatoms. The van der Waals surface area contributed by atoms with Gasteiger partial charge in [-0.25, -0.2) is 0 Å². The van der Waals surface area contributed by atoms with E-state index < -0.39 is 5.60 Å². The first-order valence-electron chi connectivity index (χ1n) is 5.79. The van der Waals surface area contributed by atoms with Gasteiger partial charge in [0.2, 0.25) is 5.91 Å². The Kier molecular flexibility index (Phi) is 5.97. The first kappa shape index (κ1) is 15.4. The van der Waals surface area contributed by atoms with Crippen LogP contribution in [0.1, 0.15) is 47.5 Å². The van der Waals surface area contributed by atoms with Crippen molar-refractivity contribution in [3.63, 3.8) is 0 Å². The van der Waals surface area contributed by atoms with Crippen LogP contribution in [-0.4, -0.2) is 35.4 Å². The topological polar surface area (TPSA) is 58.6 Å². The van der Waals surface area contributed by atoms with Crippen molar-refractivity contribution < 1.29 is 14.6 Å². The number of aliphatic hydroxyl groups is 1. The van der Waals surface area contributed by atoms with Gasteiger partial charge < -0.3 is 15.2 Å². The highest BCUT2D eigenvalue weighted by atomic mass is 16.5. The number of nitrogens with one attached hydrogen (secondary N) is 1. The molecule has 0 aliphatic heterocycles. The fourth-order valence-electron chi connectivity index (χ4n) is 1.25. The number of hydrogen-bond acceptors (Lipinski definition) is 3. The van der Waals surface area contributed by atoms with E-state index in [1.54, 1.807) is 6.92 Å². The fourth-order valence-corrected chi connectivity index (χ4v) is 1.25. The average molecular weight is 231 g/mol. The van der Waals surface area contributed by atoms with E-state index in [1.807, 2.05) is 27.7 Å². The summed E-state index contributed by atoms with van der Waals surface area (Å²) in [5.41, 5.74) is -1.14. The lowest BCUT2D eigenvalue weighted by molar-refractivity contribution is -0.131. The molecule has 0 aromatic carbocycles. The van der Waals surface area contributed by atoms with Gasteiger partial charge in [-0.15, -0.1) is 0 Å². The summed E-state index contributed by atoms with van der Waals surface area (Å²) in [5.74, 6) is -0.189. The Bertz CT molecular complexity index is 219. The first-order chi connectivity index (χ1) is 7.16. The van der Waals surface area contributed by atoms with E-state index in [9.17, 15) is 9.90 Å². The highest BCUT2D eigenvalue weighted by molar-refractivity contribution is 5.77. The summed E-state index contributed by atoms with van der Waals surface area (Å²) in [5, 5.41) is 12.5. The summed E-state index contributed by atoms with van der Waals surface area (Å²) >= 11 is 0. The Morgan fingerprint density at radius 1 is 1.31 bits per heavy atom. The molecule has 0 bridgehead atoms. The van der Waals surface area contributed by atoms with E-state index >= 15 is 0 Å². The van der Waals surface area contributed by atoms with Crippen LogP contribution in [0.5, 0.6) is 0 Å². The molecule has 0 rings (SSSR count). The van der Waals surface area contributed by atoms with E-state index in [2.05, 4.69) is 5.32 Å². The molecule has 1 amide bonds. The lowest BCUT2D eigenvalue weighted by Crippen LogP contribution is -2.42. The molecule has 1 atom stereocenters. The highest BCUT2D eigenvalue weighted by Crippen LogP contribution is 2.10. The SMILES string of the molecule is CCCC(C)(O)CNC(=O)COC(C)(C)C. The maximum atomic E-state index is 11.4. The predicted octanol–water partition coefficient (Wildman–Crippen LogP) is 1.47. The summed E-state index contributed by atoms with van der Waals surface area (Å²) < 4.78 is 5.32. The monoisotopic (exact) mass is 231 g/mol. The third kappa shape index (κ3) is 8.68. The Balaban J connectivity index is 3.81. The van der Waals surface area contributed by atoms with E-state index in [4.69, 9.17) is 4.74 Å². The van der Waals surface area contributed by atoms with Crippen LogP contribution in [0.15, 0.2) is 0 Å². The van der Waals surface area contributed by atoms with Crippen LogP contribution in [-0.2, 0) is 9.53 Å². The first-order valence-corrected chi connectivity index (χ1v) is 5.79. The minimum atomic E-state index is -0.827. The molecule has 0 fully saturated rings. The molecule has 0 aromatic heterocycles. The predicted molar refractivity (Wildman–Crippen MR) is 64.2 cm³/mol. The van der Waals surface area contributed by atoms with Crippen molar-refractivity contribution in [1.29, 1.82) is 0 Å². The molecule has 16 heavy (non-hydrogen) atoms. The van der Waals surface area contributed by atoms with Gasteiger partial charge in [-0.1, -0.05) is 13.3 Å².